The zero-order valence-electron chi connectivity index (χ0n) is 3.49. The summed E-state index contributed by atoms with van der Waals surface area (Å²) in [5, 5.41) is 6.20. The molecule has 6 heavy (non-hydrogen) atoms. The molecule has 0 aromatic carbocycles. The lowest BCUT2D eigenvalue weighted by molar-refractivity contribution is 0.334. The van der Waals surface area contributed by atoms with Gasteiger partial charge in [0, 0.05) is 0 Å². The maximum Gasteiger partial charge on any atom is 0.279 e. The highest BCUT2D eigenvalue weighted by molar-refractivity contribution is 6.61. The number of halogens is 1. The summed E-state index contributed by atoms with van der Waals surface area (Å²) in [4.78, 5) is 0. The van der Waals surface area contributed by atoms with Crippen molar-refractivity contribution in [3.63, 3.8) is 0 Å². The smallest absolute Gasteiger partial charge is 0.279 e. The van der Waals surface area contributed by atoms with Gasteiger partial charge in [0.2, 0.25) is 0 Å². The number of rotatable bonds is 1. The van der Waals surface area contributed by atoms with Crippen molar-refractivity contribution in [2.45, 2.75) is 6.92 Å². The summed E-state index contributed by atoms with van der Waals surface area (Å²) < 4.78 is 4.39. The van der Waals surface area contributed by atoms with Crippen LogP contribution in [0.25, 0.3) is 0 Å². The van der Waals surface area contributed by atoms with Gasteiger partial charge in [-0.2, -0.15) is 0 Å². The van der Waals surface area contributed by atoms with Gasteiger partial charge in [0.1, 0.15) is 0 Å². The Morgan fingerprint density at radius 1 is 2.00 bits per heavy atom. The Balaban J connectivity index is 2.83. The quantitative estimate of drug-likeness (QED) is 0.396. The van der Waals surface area contributed by atoms with Crippen LogP contribution < -0.4 is 0 Å². The monoisotopic (exact) mass is 107 g/mol. The van der Waals surface area contributed by atoms with Crippen LogP contribution in [0.4, 0.5) is 0 Å². The van der Waals surface area contributed by atoms with Crippen molar-refractivity contribution in [2.24, 2.45) is 0 Å². The SMILES string of the molecule is CCOC(=N)Cl. The van der Waals surface area contributed by atoms with E-state index >= 15 is 0 Å². The van der Waals surface area contributed by atoms with Crippen LogP contribution in [0, 0.1) is 5.41 Å². The Kier molecular flexibility index (Phi) is 2.85. The predicted octanol–water partition coefficient (Wildman–Crippen LogP) is 1.20. The molecule has 2 nitrogen and oxygen atoms in total. The van der Waals surface area contributed by atoms with Crippen molar-refractivity contribution in [2.75, 3.05) is 6.61 Å². The number of ether oxygens (including phenoxy) is 1. The lowest BCUT2D eigenvalue weighted by Gasteiger charge is -1.90. The number of nitrogens with one attached hydrogen (secondary N) is 1. The van der Waals surface area contributed by atoms with Gasteiger partial charge >= 0.3 is 0 Å². The zero-order chi connectivity index (χ0) is 4.99. The van der Waals surface area contributed by atoms with Gasteiger partial charge in [-0.25, -0.2) is 0 Å². The van der Waals surface area contributed by atoms with Crippen molar-refractivity contribution in [1.29, 1.82) is 5.41 Å². The maximum absolute atomic E-state index is 6.44. The molecule has 0 fully saturated rings. The second-order valence-corrected chi connectivity index (χ2v) is 1.05. The Morgan fingerprint density at radius 2 is 2.50 bits per heavy atom. The lowest BCUT2D eigenvalue weighted by atomic mass is 10.9. The summed E-state index contributed by atoms with van der Waals surface area (Å²) in [5.41, 5.74) is 0. The third kappa shape index (κ3) is 3.76. The molecule has 0 aromatic rings. The van der Waals surface area contributed by atoms with Gasteiger partial charge in [0.15, 0.2) is 0 Å². The fourth-order valence-corrected chi connectivity index (χ4v) is 0.236. The molecule has 0 heterocycles. The van der Waals surface area contributed by atoms with Gasteiger partial charge in [-0.15, -0.1) is 0 Å². The van der Waals surface area contributed by atoms with E-state index in [1.54, 1.807) is 6.92 Å². The highest BCUT2D eigenvalue weighted by atomic mass is 35.5. The molecular formula is C3H6ClNO. The van der Waals surface area contributed by atoms with Crippen LogP contribution in [0.1, 0.15) is 6.92 Å². The molecule has 0 saturated heterocycles. The minimum Gasteiger partial charge on any atom is -0.470 e. The molecule has 0 aliphatic carbocycles. The standard InChI is InChI=1S/C3H6ClNO/c1-2-6-3(4)5/h5H,2H2,1H3. The average Bonchev–Trinajstić information content (AvgIpc) is 1.35. The van der Waals surface area contributed by atoms with Crippen LogP contribution in [0.15, 0.2) is 0 Å². The molecule has 0 saturated carbocycles. The van der Waals surface area contributed by atoms with Gasteiger partial charge in [-0.05, 0) is 18.5 Å². The van der Waals surface area contributed by atoms with Gasteiger partial charge in [0.25, 0.3) is 5.36 Å². The summed E-state index contributed by atoms with van der Waals surface area (Å²) in [5.74, 6) is 0. The lowest BCUT2D eigenvalue weighted by Crippen LogP contribution is -1.90. The molecule has 0 bridgehead atoms. The first-order valence-corrected chi connectivity index (χ1v) is 2.02. The summed E-state index contributed by atoms with van der Waals surface area (Å²) >= 11 is 4.94. The minimum atomic E-state index is -0.238. The molecular weight excluding hydrogens is 101 g/mol. The fourth-order valence-electron chi connectivity index (χ4n) is 0.127. The van der Waals surface area contributed by atoms with Crippen molar-refractivity contribution in [1.82, 2.24) is 0 Å². The first kappa shape index (κ1) is 5.76. The van der Waals surface area contributed by atoms with Crippen LogP contribution >= 0.6 is 11.6 Å². The van der Waals surface area contributed by atoms with E-state index < -0.39 is 0 Å². The van der Waals surface area contributed by atoms with Crippen molar-refractivity contribution < 1.29 is 4.74 Å². The van der Waals surface area contributed by atoms with Crippen molar-refractivity contribution in [3.05, 3.63) is 0 Å². The molecule has 0 rings (SSSR count). The van der Waals surface area contributed by atoms with E-state index in [9.17, 15) is 0 Å². The molecule has 0 aromatic heterocycles. The Bertz CT molecular complexity index is 54.8. The molecule has 0 radical (unpaired) electrons. The van der Waals surface area contributed by atoms with Gasteiger partial charge in [-0.3, -0.25) is 5.41 Å². The van der Waals surface area contributed by atoms with E-state index in [4.69, 9.17) is 17.0 Å². The largest absolute Gasteiger partial charge is 0.470 e. The topological polar surface area (TPSA) is 33.1 Å². The fraction of sp³-hybridized carbons (Fsp3) is 0.667. The molecule has 0 aliphatic heterocycles. The van der Waals surface area contributed by atoms with Gasteiger partial charge < -0.3 is 4.74 Å². The molecule has 0 spiro atoms. The Hall–Kier alpha value is -0.240. The van der Waals surface area contributed by atoms with E-state index in [2.05, 4.69) is 4.74 Å². The van der Waals surface area contributed by atoms with Gasteiger partial charge in [0.05, 0.1) is 6.61 Å². The first-order valence-electron chi connectivity index (χ1n) is 1.64. The molecule has 0 amide bonds. The third-order valence-electron chi connectivity index (χ3n) is 0.271. The molecule has 36 valence electrons. The van der Waals surface area contributed by atoms with Crippen LogP contribution in [-0.4, -0.2) is 12.0 Å². The van der Waals surface area contributed by atoms with E-state index in [0.29, 0.717) is 6.61 Å². The van der Waals surface area contributed by atoms with Gasteiger partial charge in [-0.1, -0.05) is 0 Å². The van der Waals surface area contributed by atoms with E-state index in [-0.39, 0.29) is 5.36 Å². The summed E-state index contributed by atoms with van der Waals surface area (Å²) in [6, 6.07) is 0. The van der Waals surface area contributed by atoms with Crippen molar-refractivity contribution >= 4 is 17.0 Å². The Labute approximate surface area is 41.6 Å². The second kappa shape index (κ2) is 2.97. The Morgan fingerprint density at radius 3 is 2.50 bits per heavy atom. The highest BCUT2D eigenvalue weighted by Crippen LogP contribution is 1.80. The van der Waals surface area contributed by atoms with Crippen LogP contribution in [0.3, 0.4) is 0 Å². The number of hydrogen-bond donors (Lipinski definition) is 1. The van der Waals surface area contributed by atoms with Crippen molar-refractivity contribution in [3.8, 4) is 0 Å². The molecule has 0 unspecified atom stereocenters. The molecule has 3 heteroatoms. The normalized spacial score (nSPS) is 7.67. The van der Waals surface area contributed by atoms with E-state index in [1.807, 2.05) is 0 Å². The van der Waals surface area contributed by atoms with E-state index in [0.717, 1.165) is 0 Å². The molecule has 1 N–H and O–H groups in total. The summed E-state index contributed by atoms with van der Waals surface area (Å²) in [6.45, 7) is 2.25. The minimum absolute atomic E-state index is 0.238. The van der Waals surface area contributed by atoms with Crippen LogP contribution in [0.5, 0.6) is 0 Å². The zero-order valence-corrected chi connectivity index (χ0v) is 4.25. The average molecular weight is 108 g/mol. The molecule has 0 aliphatic rings. The van der Waals surface area contributed by atoms with E-state index in [1.165, 1.54) is 0 Å². The predicted molar refractivity (Wildman–Crippen MR) is 25.2 cm³/mol. The summed E-state index contributed by atoms with van der Waals surface area (Å²) in [6.07, 6.45) is 0. The summed E-state index contributed by atoms with van der Waals surface area (Å²) in [7, 11) is 0. The first-order chi connectivity index (χ1) is 2.77. The highest BCUT2D eigenvalue weighted by Gasteiger charge is 1.79. The number of hydrogen-bond acceptors (Lipinski definition) is 2. The van der Waals surface area contributed by atoms with Crippen LogP contribution in [0.2, 0.25) is 0 Å². The second-order valence-electron chi connectivity index (χ2n) is 0.707. The third-order valence-corrected chi connectivity index (χ3v) is 0.380. The maximum atomic E-state index is 6.44. The van der Waals surface area contributed by atoms with Crippen LogP contribution in [-0.2, 0) is 4.74 Å². The molecule has 0 atom stereocenters.